The van der Waals surface area contributed by atoms with E-state index in [4.69, 9.17) is 4.98 Å². The van der Waals surface area contributed by atoms with Gasteiger partial charge in [-0.2, -0.15) is 5.26 Å². The standard InChI is InChI=1S/C26H24N6/c27-12-11-25-7-9-26(10-8-25)15-19(25)20(30-17-4-2-1-3-5-17)14-22-31-21-16-29-24-18(6-13-28-24)23(21)32(22)26/h1-6,13,16,30H,7-11,14-15H2,(H,28,29). The zero-order valence-corrected chi connectivity index (χ0v) is 17.9. The van der Waals surface area contributed by atoms with Crippen LogP contribution in [0.4, 0.5) is 5.69 Å². The van der Waals surface area contributed by atoms with Crippen LogP contribution in [0.3, 0.4) is 0 Å². The Kier molecular flexibility index (Phi) is 3.51. The Morgan fingerprint density at radius 1 is 1.12 bits per heavy atom. The molecule has 0 radical (unpaired) electrons. The first-order valence-corrected chi connectivity index (χ1v) is 11.5. The number of hydrogen-bond donors (Lipinski definition) is 2. The normalized spacial score (nSPS) is 26.2. The van der Waals surface area contributed by atoms with Crippen LogP contribution in [-0.4, -0.2) is 19.5 Å². The van der Waals surface area contributed by atoms with Gasteiger partial charge in [-0.25, -0.2) is 9.97 Å². The van der Waals surface area contributed by atoms with Crippen molar-refractivity contribution in [3.8, 4) is 6.07 Å². The van der Waals surface area contributed by atoms with Gasteiger partial charge in [0.05, 0.1) is 23.3 Å². The molecule has 2 N–H and O–H groups in total. The molecule has 4 aromatic rings. The van der Waals surface area contributed by atoms with Crippen LogP contribution in [0, 0.1) is 16.7 Å². The lowest BCUT2D eigenvalue weighted by Crippen LogP contribution is -2.49. The van der Waals surface area contributed by atoms with Gasteiger partial charge in [-0.1, -0.05) is 18.2 Å². The quantitative estimate of drug-likeness (QED) is 0.464. The number of para-hydroxylation sites is 1. The van der Waals surface area contributed by atoms with Gasteiger partial charge in [0.15, 0.2) is 0 Å². The molecule has 0 atom stereocenters. The minimum absolute atomic E-state index is 0.00158. The van der Waals surface area contributed by atoms with E-state index >= 15 is 0 Å². The van der Waals surface area contributed by atoms with Crippen molar-refractivity contribution in [2.24, 2.45) is 5.41 Å². The number of hydrogen-bond acceptors (Lipinski definition) is 4. The molecule has 1 aromatic carbocycles. The number of pyridine rings is 1. The molecule has 4 aliphatic rings. The second kappa shape index (κ2) is 6.23. The van der Waals surface area contributed by atoms with E-state index in [2.05, 4.69) is 56.3 Å². The highest BCUT2D eigenvalue weighted by molar-refractivity contribution is 6.01. The minimum Gasteiger partial charge on any atom is -0.359 e. The van der Waals surface area contributed by atoms with Crippen LogP contribution < -0.4 is 5.32 Å². The Balaban J connectivity index is 1.49. The maximum absolute atomic E-state index is 9.72. The number of aromatic amines is 1. The summed E-state index contributed by atoms with van der Waals surface area (Å²) in [6, 6.07) is 15.1. The van der Waals surface area contributed by atoms with Gasteiger partial charge in [0.2, 0.25) is 0 Å². The molecule has 1 aliphatic heterocycles. The molecule has 6 nitrogen and oxygen atoms in total. The third kappa shape index (κ3) is 2.28. The summed E-state index contributed by atoms with van der Waals surface area (Å²) in [6.07, 6.45) is 10.6. The van der Waals surface area contributed by atoms with Gasteiger partial charge in [-0.15, -0.1) is 0 Å². The van der Waals surface area contributed by atoms with Gasteiger partial charge in [0, 0.05) is 41.2 Å². The first-order valence-electron chi connectivity index (χ1n) is 11.5. The number of nitrogens with one attached hydrogen (secondary N) is 2. The third-order valence-electron chi connectivity index (χ3n) is 8.21. The first kappa shape index (κ1) is 18.0. The predicted octanol–water partition coefficient (Wildman–Crippen LogP) is 5.41. The summed E-state index contributed by atoms with van der Waals surface area (Å²) >= 11 is 0. The molecule has 0 unspecified atom stereocenters. The SMILES string of the molecule is N#CCC12CCC3(CC1)CC2=C(Nc1ccccc1)Cc1nc2cnc4[nH]ccc4c2n13. The van der Waals surface area contributed by atoms with E-state index in [1.807, 2.05) is 18.5 Å². The largest absolute Gasteiger partial charge is 0.359 e. The van der Waals surface area contributed by atoms with Crippen molar-refractivity contribution in [2.75, 3.05) is 5.32 Å². The topological polar surface area (TPSA) is 82.3 Å². The van der Waals surface area contributed by atoms with Gasteiger partial charge < -0.3 is 14.9 Å². The Morgan fingerprint density at radius 2 is 1.97 bits per heavy atom. The van der Waals surface area contributed by atoms with Crippen molar-refractivity contribution < 1.29 is 0 Å². The van der Waals surface area contributed by atoms with Gasteiger partial charge in [0.25, 0.3) is 0 Å². The number of H-pyrrole nitrogens is 1. The highest BCUT2D eigenvalue weighted by atomic mass is 15.2. The maximum atomic E-state index is 9.72. The summed E-state index contributed by atoms with van der Waals surface area (Å²) in [5.74, 6) is 1.11. The highest BCUT2D eigenvalue weighted by Crippen LogP contribution is 2.62. The van der Waals surface area contributed by atoms with Gasteiger partial charge in [-0.05, 0) is 55.9 Å². The number of allylic oxidation sites excluding steroid dienone is 2. The number of fused-ring (bicyclic) bond motifs is 7. The van der Waals surface area contributed by atoms with Crippen LogP contribution in [0.2, 0.25) is 0 Å². The Morgan fingerprint density at radius 3 is 2.78 bits per heavy atom. The van der Waals surface area contributed by atoms with Crippen molar-refractivity contribution in [3.05, 3.63) is 65.9 Å². The monoisotopic (exact) mass is 420 g/mol. The number of rotatable bonds is 3. The number of aromatic nitrogens is 4. The molecule has 3 aromatic heterocycles. The molecular weight excluding hydrogens is 396 g/mol. The van der Waals surface area contributed by atoms with Crippen LogP contribution in [0.15, 0.2) is 60.1 Å². The summed E-state index contributed by atoms with van der Waals surface area (Å²) in [5, 5.41) is 14.6. The Hall–Kier alpha value is -3.59. The number of imidazole rings is 1. The zero-order chi connectivity index (χ0) is 21.3. The Bertz CT molecular complexity index is 1440. The number of benzene rings is 1. The first-order chi connectivity index (χ1) is 15.7. The van der Waals surface area contributed by atoms with Crippen LogP contribution in [-0.2, 0) is 12.0 Å². The number of anilines is 1. The van der Waals surface area contributed by atoms with Crippen molar-refractivity contribution in [1.82, 2.24) is 19.5 Å². The molecule has 3 bridgehead atoms. The molecule has 32 heavy (non-hydrogen) atoms. The zero-order valence-electron chi connectivity index (χ0n) is 17.9. The van der Waals surface area contributed by atoms with E-state index in [-0.39, 0.29) is 11.0 Å². The van der Waals surface area contributed by atoms with Crippen molar-refractivity contribution in [2.45, 2.75) is 50.5 Å². The van der Waals surface area contributed by atoms with E-state index in [0.29, 0.717) is 6.42 Å². The average molecular weight is 421 g/mol. The highest BCUT2D eigenvalue weighted by Gasteiger charge is 2.55. The number of nitriles is 1. The molecule has 8 rings (SSSR count). The average Bonchev–Trinajstić information content (AvgIpc) is 3.43. The fraction of sp³-hybridized carbons (Fsp3) is 0.346. The molecule has 158 valence electrons. The lowest BCUT2D eigenvalue weighted by molar-refractivity contribution is 0.0589. The second-order valence-corrected chi connectivity index (χ2v) is 9.74. The molecule has 0 saturated heterocycles. The van der Waals surface area contributed by atoms with Crippen molar-refractivity contribution >= 4 is 27.8 Å². The van der Waals surface area contributed by atoms with E-state index in [9.17, 15) is 5.26 Å². The van der Waals surface area contributed by atoms with Gasteiger partial charge in [0.1, 0.15) is 17.0 Å². The summed E-state index contributed by atoms with van der Waals surface area (Å²) < 4.78 is 2.56. The van der Waals surface area contributed by atoms with E-state index in [1.165, 1.54) is 16.8 Å². The third-order valence-corrected chi connectivity index (χ3v) is 8.21. The molecule has 3 saturated carbocycles. The fourth-order valence-corrected chi connectivity index (χ4v) is 6.68. The van der Waals surface area contributed by atoms with E-state index in [0.717, 1.165) is 66.6 Å². The van der Waals surface area contributed by atoms with Crippen molar-refractivity contribution in [3.63, 3.8) is 0 Å². The summed E-state index contributed by atoms with van der Waals surface area (Å²) in [5.41, 5.74) is 6.92. The maximum Gasteiger partial charge on any atom is 0.139 e. The molecule has 3 aliphatic carbocycles. The minimum atomic E-state index is -0.00158. The van der Waals surface area contributed by atoms with Crippen LogP contribution in [0.5, 0.6) is 0 Å². The summed E-state index contributed by atoms with van der Waals surface area (Å²) in [7, 11) is 0. The summed E-state index contributed by atoms with van der Waals surface area (Å²) in [4.78, 5) is 13.0. The number of nitrogens with zero attached hydrogens (tertiary/aromatic N) is 4. The van der Waals surface area contributed by atoms with Crippen LogP contribution in [0.25, 0.3) is 22.1 Å². The predicted molar refractivity (Wildman–Crippen MR) is 124 cm³/mol. The Labute approximate surface area is 186 Å². The van der Waals surface area contributed by atoms with Crippen molar-refractivity contribution in [1.29, 1.82) is 5.26 Å². The molecule has 4 heterocycles. The van der Waals surface area contributed by atoms with Crippen LogP contribution in [0.1, 0.15) is 44.3 Å². The molecule has 1 spiro atoms. The fourth-order valence-electron chi connectivity index (χ4n) is 6.68. The molecule has 3 fully saturated rings. The van der Waals surface area contributed by atoms with E-state index < -0.39 is 0 Å². The smallest absolute Gasteiger partial charge is 0.139 e. The van der Waals surface area contributed by atoms with Gasteiger partial charge >= 0.3 is 0 Å². The molecule has 6 heteroatoms. The second-order valence-electron chi connectivity index (χ2n) is 9.74. The van der Waals surface area contributed by atoms with Gasteiger partial charge in [-0.3, -0.25) is 0 Å². The molecule has 0 amide bonds. The summed E-state index contributed by atoms with van der Waals surface area (Å²) in [6.45, 7) is 0. The van der Waals surface area contributed by atoms with E-state index in [1.54, 1.807) is 0 Å². The van der Waals surface area contributed by atoms with Crippen LogP contribution >= 0.6 is 0 Å². The molecular formula is C26H24N6. The lowest BCUT2D eigenvalue weighted by Gasteiger charge is -2.55. The lowest BCUT2D eigenvalue weighted by atomic mass is 9.53.